The minimum absolute atomic E-state index is 0.0239. The van der Waals surface area contributed by atoms with E-state index in [0.717, 1.165) is 38.5 Å². The number of carbonyl (C=O) groups excluding carboxylic acids is 2. The Hall–Kier alpha value is -1.40. The number of amides is 1. The number of allylic oxidation sites excluding steroid dienone is 1. The van der Waals surface area contributed by atoms with Crippen LogP contribution in [0, 0.1) is 0 Å². The van der Waals surface area contributed by atoms with Gasteiger partial charge >= 0.3 is 5.97 Å². The van der Waals surface area contributed by atoms with Crippen molar-refractivity contribution < 1.29 is 24.5 Å². The summed E-state index contributed by atoms with van der Waals surface area (Å²) in [6, 6.07) is -0.625. The van der Waals surface area contributed by atoms with Gasteiger partial charge in [0.1, 0.15) is 0 Å². The molecular weight excluding hydrogens is 1040 g/mol. The van der Waals surface area contributed by atoms with E-state index in [4.69, 9.17) is 4.74 Å². The molecule has 0 aliphatic heterocycles. The van der Waals surface area contributed by atoms with Crippen molar-refractivity contribution in [1.29, 1.82) is 0 Å². The summed E-state index contributed by atoms with van der Waals surface area (Å²) in [7, 11) is 0. The predicted molar refractivity (Wildman–Crippen MR) is 375 cm³/mol. The van der Waals surface area contributed by atoms with Crippen LogP contribution in [0.5, 0.6) is 0 Å². The molecule has 0 rings (SSSR count). The summed E-state index contributed by atoms with van der Waals surface area (Å²) >= 11 is 0. The molecule has 6 heteroatoms. The fourth-order valence-corrected chi connectivity index (χ4v) is 12.8. The van der Waals surface area contributed by atoms with E-state index in [-0.39, 0.29) is 18.5 Å². The van der Waals surface area contributed by atoms with E-state index in [9.17, 15) is 19.8 Å². The Morgan fingerprint density at radius 3 is 0.800 bits per heavy atom. The molecule has 85 heavy (non-hydrogen) atoms. The predicted octanol–water partition coefficient (Wildman–Crippen LogP) is 25.9. The molecule has 0 heterocycles. The Morgan fingerprint density at radius 2 is 0.541 bits per heavy atom. The number of hydrogen-bond acceptors (Lipinski definition) is 5. The molecule has 1 amide bonds. The van der Waals surface area contributed by atoms with E-state index >= 15 is 0 Å². The van der Waals surface area contributed by atoms with Crippen molar-refractivity contribution in [3.05, 3.63) is 12.2 Å². The molecule has 0 radical (unpaired) electrons. The number of unbranched alkanes of at least 4 members (excludes halogenated alkanes) is 64. The molecule has 0 aromatic heterocycles. The van der Waals surface area contributed by atoms with Crippen molar-refractivity contribution in [2.45, 2.75) is 469 Å². The summed E-state index contributed by atoms with van der Waals surface area (Å²) in [4.78, 5) is 24.6. The number of aliphatic hydroxyl groups is 2. The lowest BCUT2D eigenvalue weighted by Crippen LogP contribution is -2.45. The van der Waals surface area contributed by atoms with Crippen LogP contribution in [0.25, 0.3) is 0 Å². The number of aliphatic hydroxyl groups excluding tert-OH is 2. The lowest BCUT2D eigenvalue weighted by Gasteiger charge is -2.20. The topological polar surface area (TPSA) is 95.9 Å². The highest BCUT2D eigenvalue weighted by atomic mass is 16.5. The van der Waals surface area contributed by atoms with E-state index in [1.54, 1.807) is 6.08 Å². The van der Waals surface area contributed by atoms with Crippen LogP contribution in [0.3, 0.4) is 0 Å². The van der Waals surface area contributed by atoms with Crippen molar-refractivity contribution in [3.8, 4) is 0 Å². The first kappa shape index (κ1) is 83.6. The molecule has 0 aliphatic rings. The summed E-state index contributed by atoms with van der Waals surface area (Å²) < 4.78 is 5.50. The minimum atomic E-state index is -0.842. The van der Waals surface area contributed by atoms with Crippen LogP contribution < -0.4 is 5.32 Å². The Balaban J connectivity index is 3.35. The zero-order valence-electron chi connectivity index (χ0n) is 58.1. The molecule has 0 spiro atoms. The Labute approximate surface area is 533 Å². The van der Waals surface area contributed by atoms with Crippen molar-refractivity contribution in [1.82, 2.24) is 5.32 Å². The second-order valence-electron chi connectivity index (χ2n) is 27.4. The summed E-state index contributed by atoms with van der Waals surface area (Å²) in [6.45, 7) is 4.97. The minimum Gasteiger partial charge on any atom is -0.466 e. The highest BCUT2D eigenvalue weighted by Crippen LogP contribution is 2.20. The fraction of sp³-hybridized carbons (Fsp3) is 0.949. The SMILES string of the molecule is CCCCCCCCCCCCCCCCCCCCCCC/C=C/C(O)C(CO)NC(=O)CCCCCCCCCCCCCCCCCCCCCCCCCCCCCCCCCOC(=O)CCCCCCCCCCCCCCCC. The summed E-state index contributed by atoms with van der Waals surface area (Å²) in [5.74, 6) is -0.0342. The zero-order valence-corrected chi connectivity index (χ0v) is 58.1. The lowest BCUT2D eigenvalue weighted by atomic mass is 10.0. The van der Waals surface area contributed by atoms with E-state index < -0.39 is 12.1 Å². The molecule has 0 bridgehead atoms. The largest absolute Gasteiger partial charge is 0.466 e. The smallest absolute Gasteiger partial charge is 0.305 e. The number of esters is 1. The van der Waals surface area contributed by atoms with E-state index in [0.29, 0.717) is 19.4 Å². The van der Waals surface area contributed by atoms with Gasteiger partial charge in [0, 0.05) is 12.8 Å². The second-order valence-corrected chi connectivity index (χ2v) is 27.4. The number of ether oxygens (including phenoxy) is 1. The average Bonchev–Trinajstić information content (AvgIpc) is 3.51. The number of rotatable bonds is 75. The van der Waals surface area contributed by atoms with Gasteiger partial charge in [-0.25, -0.2) is 0 Å². The van der Waals surface area contributed by atoms with Crippen LogP contribution >= 0.6 is 0 Å². The summed E-state index contributed by atoms with van der Waals surface area (Å²) in [5, 5.41) is 23.3. The molecule has 6 nitrogen and oxygen atoms in total. The van der Waals surface area contributed by atoms with Gasteiger partial charge in [-0.1, -0.05) is 424 Å². The maximum Gasteiger partial charge on any atom is 0.305 e. The molecule has 2 unspecified atom stereocenters. The average molecular weight is 1200 g/mol. The first-order valence-electron chi connectivity index (χ1n) is 39.5. The van der Waals surface area contributed by atoms with Gasteiger partial charge in [0.25, 0.3) is 0 Å². The van der Waals surface area contributed by atoms with Crippen LogP contribution in [-0.2, 0) is 14.3 Å². The van der Waals surface area contributed by atoms with Gasteiger partial charge in [-0.15, -0.1) is 0 Å². The molecular formula is C79H155NO5. The van der Waals surface area contributed by atoms with Crippen LogP contribution in [0.15, 0.2) is 12.2 Å². The van der Waals surface area contributed by atoms with Crippen molar-refractivity contribution >= 4 is 11.9 Å². The number of nitrogens with one attached hydrogen (secondary N) is 1. The first-order valence-corrected chi connectivity index (χ1v) is 39.5. The van der Waals surface area contributed by atoms with Crippen molar-refractivity contribution in [2.75, 3.05) is 13.2 Å². The molecule has 0 aromatic rings. The van der Waals surface area contributed by atoms with Crippen LogP contribution in [-0.4, -0.2) is 47.4 Å². The lowest BCUT2D eigenvalue weighted by molar-refractivity contribution is -0.143. The van der Waals surface area contributed by atoms with E-state index in [2.05, 4.69) is 19.2 Å². The second kappa shape index (κ2) is 75.1. The van der Waals surface area contributed by atoms with Gasteiger partial charge in [0.15, 0.2) is 0 Å². The van der Waals surface area contributed by atoms with E-state index in [1.165, 1.54) is 392 Å². The van der Waals surface area contributed by atoms with Gasteiger partial charge in [-0.2, -0.15) is 0 Å². The van der Waals surface area contributed by atoms with Gasteiger partial charge < -0.3 is 20.3 Å². The quantitative estimate of drug-likeness (QED) is 0.0320. The third kappa shape index (κ3) is 71.6. The molecule has 0 saturated heterocycles. The molecule has 0 fully saturated rings. The van der Waals surface area contributed by atoms with Gasteiger partial charge in [0.05, 0.1) is 25.4 Å². The number of carbonyl (C=O) groups is 2. The molecule has 0 aliphatic carbocycles. The molecule has 0 saturated carbocycles. The fourth-order valence-electron chi connectivity index (χ4n) is 12.8. The van der Waals surface area contributed by atoms with Gasteiger partial charge in [0.2, 0.25) is 5.91 Å². The summed E-state index contributed by atoms with van der Waals surface area (Å²) in [5.41, 5.74) is 0. The Kier molecular flexibility index (Phi) is 73.8. The maximum atomic E-state index is 12.5. The Bertz CT molecular complexity index is 1290. The standard InChI is InChI=1S/C79H155NO5/c1-3-5-7-9-11-13-15-17-19-20-21-22-32-35-38-41-44-47-51-55-59-63-67-71-77(82)76(75-81)80-78(83)72-68-64-60-56-52-48-45-42-39-36-33-30-28-26-24-23-25-27-29-31-34-37-40-43-46-50-54-58-62-66-70-74-85-79(84)73-69-65-61-57-53-49-18-16-14-12-10-8-6-4-2/h67,71,76-77,81-82H,3-66,68-70,72-75H2,1-2H3,(H,80,83)/b71-67+. The zero-order chi connectivity index (χ0) is 61.3. The maximum absolute atomic E-state index is 12.5. The molecule has 506 valence electrons. The molecule has 0 aromatic carbocycles. The Morgan fingerprint density at radius 1 is 0.318 bits per heavy atom. The molecule has 2 atom stereocenters. The van der Waals surface area contributed by atoms with Gasteiger partial charge in [-0.3, -0.25) is 9.59 Å². The van der Waals surface area contributed by atoms with Crippen LogP contribution in [0.4, 0.5) is 0 Å². The van der Waals surface area contributed by atoms with Gasteiger partial charge in [-0.05, 0) is 32.1 Å². The van der Waals surface area contributed by atoms with Crippen LogP contribution in [0.1, 0.15) is 457 Å². The highest BCUT2D eigenvalue weighted by Gasteiger charge is 2.18. The third-order valence-corrected chi connectivity index (χ3v) is 18.8. The molecule has 3 N–H and O–H groups in total. The highest BCUT2D eigenvalue weighted by molar-refractivity contribution is 5.76. The van der Waals surface area contributed by atoms with E-state index in [1.807, 2.05) is 6.08 Å². The first-order chi connectivity index (χ1) is 42.0. The monoisotopic (exact) mass is 1200 g/mol. The summed E-state index contributed by atoms with van der Waals surface area (Å²) in [6.07, 6.45) is 94.8. The van der Waals surface area contributed by atoms with Crippen LogP contribution in [0.2, 0.25) is 0 Å². The number of hydrogen-bond donors (Lipinski definition) is 3. The van der Waals surface area contributed by atoms with Crippen molar-refractivity contribution in [2.24, 2.45) is 0 Å². The normalized spacial score (nSPS) is 12.5. The third-order valence-electron chi connectivity index (χ3n) is 18.8. The van der Waals surface area contributed by atoms with Crippen molar-refractivity contribution in [3.63, 3.8) is 0 Å².